The maximum absolute atomic E-state index is 11.6. The van der Waals surface area contributed by atoms with Crippen LogP contribution in [0.15, 0.2) is 24.3 Å². The zero-order chi connectivity index (χ0) is 13.2. The summed E-state index contributed by atoms with van der Waals surface area (Å²) in [7, 11) is -3.05. The van der Waals surface area contributed by atoms with Crippen molar-refractivity contribution in [1.29, 1.82) is 0 Å². The highest BCUT2D eigenvalue weighted by atomic mass is 32.2. The van der Waals surface area contributed by atoms with E-state index in [2.05, 4.69) is 0 Å². The van der Waals surface area contributed by atoms with Gasteiger partial charge in [0.25, 0.3) is 0 Å². The average Bonchev–Trinajstić information content (AvgIpc) is 2.36. The molecule has 2 atom stereocenters. The lowest BCUT2D eigenvalue weighted by molar-refractivity contribution is 0.105. The summed E-state index contributed by atoms with van der Waals surface area (Å²) in [6.45, 7) is 0. The first-order valence-electron chi connectivity index (χ1n) is 5.96. The Labute approximate surface area is 107 Å². The number of hydrogen-bond acceptors (Lipinski definition) is 4. The summed E-state index contributed by atoms with van der Waals surface area (Å²) in [6, 6.07) is 6.76. The third kappa shape index (κ3) is 2.79. The van der Waals surface area contributed by atoms with Crippen LogP contribution in [0, 0.1) is 5.92 Å². The minimum Gasteiger partial charge on any atom is -0.388 e. The van der Waals surface area contributed by atoms with Crippen molar-refractivity contribution in [2.45, 2.75) is 18.9 Å². The summed E-state index contributed by atoms with van der Waals surface area (Å²) in [6.07, 6.45) is 1.05. The van der Waals surface area contributed by atoms with Gasteiger partial charge in [-0.1, -0.05) is 24.3 Å². The molecule has 2 rings (SSSR count). The van der Waals surface area contributed by atoms with Crippen LogP contribution in [-0.4, -0.2) is 31.3 Å². The highest BCUT2D eigenvalue weighted by molar-refractivity contribution is 7.91. The van der Waals surface area contributed by atoms with Gasteiger partial charge in [-0.15, -0.1) is 0 Å². The standard InChI is InChI=1S/C13H16O4S/c14-8-10-4-1-2-6-12(10)13(15)11-5-3-7-18(16,17)9-11/h1-2,4,6,8,11,13,15H,3,5,7,9H2. The summed E-state index contributed by atoms with van der Waals surface area (Å²) in [4.78, 5) is 10.9. The molecule has 98 valence electrons. The maximum atomic E-state index is 11.6. The van der Waals surface area contributed by atoms with Gasteiger partial charge in [0, 0.05) is 11.5 Å². The molecule has 0 aromatic heterocycles. The van der Waals surface area contributed by atoms with E-state index in [1.54, 1.807) is 24.3 Å². The highest BCUT2D eigenvalue weighted by Crippen LogP contribution is 2.31. The fourth-order valence-corrected chi connectivity index (χ4v) is 4.22. The zero-order valence-electron chi connectivity index (χ0n) is 9.95. The molecule has 1 aliphatic heterocycles. The Hall–Kier alpha value is -1.20. The molecule has 0 spiro atoms. The molecule has 1 fully saturated rings. The lowest BCUT2D eigenvalue weighted by atomic mass is 9.90. The van der Waals surface area contributed by atoms with Crippen LogP contribution in [0.2, 0.25) is 0 Å². The number of aliphatic hydroxyl groups excluding tert-OH is 1. The van der Waals surface area contributed by atoms with Crippen molar-refractivity contribution in [3.8, 4) is 0 Å². The first kappa shape index (κ1) is 13.2. The molecule has 1 aliphatic rings. The van der Waals surface area contributed by atoms with Gasteiger partial charge in [0.1, 0.15) is 6.29 Å². The molecular weight excluding hydrogens is 252 g/mol. The molecule has 0 amide bonds. The Kier molecular flexibility index (Phi) is 3.82. The Morgan fingerprint density at radius 2 is 2.06 bits per heavy atom. The van der Waals surface area contributed by atoms with E-state index in [0.29, 0.717) is 30.3 Å². The van der Waals surface area contributed by atoms with Crippen molar-refractivity contribution in [3.63, 3.8) is 0 Å². The summed E-state index contributed by atoms with van der Waals surface area (Å²) < 4.78 is 23.1. The lowest BCUT2D eigenvalue weighted by Crippen LogP contribution is -2.29. The summed E-state index contributed by atoms with van der Waals surface area (Å²) in [5.74, 6) is -0.114. The van der Waals surface area contributed by atoms with Gasteiger partial charge < -0.3 is 5.11 Å². The molecule has 2 unspecified atom stereocenters. The second-order valence-electron chi connectivity index (χ2n) is 4.71. The van der Waals surface area contributed by atoms with Crippen molar-refractivity contribution in [2.24, 2.45) is 5.92 Å². The summed E-state index contributed by atoms with van der Waals surface area (Å²) in [5.41, 5.74) is 0.947. The predicted molar refractivity (Wildman–Crippen MR) is 68.2 cm³/mol. The normalized spacial score (nSPS) is 24.4. The van der Waals surface area contributed by atoms with Gasteiger partial charge in [-0.2, -0.15) is 0 Å². The van der Waals surface area contributed by atoms with E-state index in [1.165, 1.54) is 0 Å². The van der Waals surface area contributed by atoms with Gasteiger partial charge in [-0.05, 0) is 18.4 Å². The first-order valence-corrected chi connectivity index (χ1v) is 7.78. The van der Waals surface area contributed by atoms with Gasteiger partial charge in [-0.25, -0.2) is 8.42 Å². The molecule has 1 aromatic rings. The van der Waals surface area contributed by atoms with Crippen molar-refractivity contribution >= 4 is 16.1 Å². The average molecular weight is 268 g/mol. The molecule has 1 N–H and O–H groups in total. The zero-order valence-corrected chi connectivity index (χ0v) is 10.8. The monoisotopic (exact) mass is 268 g/mol. The SMILES string of the molecule is O=Cc1ccccc1C(O)C1CCCS(=O)(=O)C1. The van der Waals surface area contributed by atoms with E-state index in [9.17, 15) is 18.3 Å². The molecule has 4 nitrogen and oxygen atoms in total. The van der Waals surface area contributed by atoms with Crippen LogP contribution >= 0.6 is 0 Å². The fourth-order valence-electron chi connectivity index (χ4n) is 2.45. The topological polar surface area (TPSA) is 71.4 Å². The van der Waals surface area contributed by atoms with Crippen LogP contribution in [0.3, 0.4) is 0 Å². The highest BCUT2D eigenvalue weighted by Gasteiger charge is 2.31. The Morgan fingerprint density at radius 1 is 1.33 bits per heavy atom. The van der Waals surface area contributed by atoms with Gasteiger partial charge >= 0.3 is 0 Å². The second kappa shape index (κ2) is 5.20. The molecular formula is C13H16O4S. The minimum absolute atomic E-state index is 0.00135. The van der Waals surface area contributed by atoms with Gasteiger partial charge in [0.15, 0.2) is 9.84 Å². The molecule has 1 aromatic carbocycles. The largest absolute Gasteiger partial charge is 0.388 e. The van der Waals surface area contributed by atoms with E-state index in [1.807, 2.05) is 0 Å². The fraction of sp³-hybridized carbons (Fsp3) is 0.462. The number of benzene rings is 1. The van der Waals surface area contributed by atoms with Crippen molar-refractivity contribution in [3.05, 3.63) is 35.4 Å². The predicted octanol–water partition coefficient (Wildman–Crippen LogP) is 1.36. The van der Waals surface area contributed by atoms with Crippen LogP contribution in [0.25, 0.3) is 0 Å². The summed E-state index contributed by atoms with van der Waals surface area (Å²) in [5, 5.41) is 10.3. The van der Waals surface area contributed by atoms with Crippen LogP contribution in [0.4, 0.5) is 0 Å². The third-order valence-electron chi connectivity index (χ3n) is 3.39. The van der Waals surface area contributed by atoms with E-state index < -0.39 is 15.9 Å². The molecule has 18 heavy (non-hydrogen) atoms. The number of sulfone groups is 1. The molecule has 1 heterocycles. The number of aliphatic hydroxyl groups is 1. The Bertz CT molecular complexity index is 536. The minimum atomic E-state index is -3.05. The van der Waals surface area contributed by atoms with E-state index >= 15 is 0 Å². The van der Waals surface area contributed by atoms with Crippen LogP contribution in [0.1, 0.15) is 34.9 Å². The quantitative estimate of drug-likeness (QED) is 0.840. The molecule has 0 aliphatic carbocycles. The number of aldehydes is 1. The number of hydrogen-bond donors (Lipinski definition) is 1. The molecule has 1 saturated heterocycles. The Balaban J connectivity index is 2.25. The van der Waals surface area contributed by atoms with Gasteiger partial charge in [0.05, 0.1) is 17.6 Å². The van der Waals surface area contributed by atoms with Crippen LogP contribution < -0.4 is 0 Å². The Morgan fingerprint density at radius 3 is 2.72 bits per heavy atom. The summed E-state index contributed by atoms with van der Waals surface area (Å²) >= 11 is 0. The maximum Gasteiger partial charge on any atom is 0.150 e. The van der Waals surface area contributed by atoms with E-state index in [0.717, 1.165) is 0 Å². The molecule has 0 radical (unpaired) electrons. The molecule has 5 heteroatoms. The van der Waals surface area contributed by atoms with Crippen molar-refractivity contribution in [2.75, 3.05) is 11.5 Å². The lowest BCUT2D eigenvalue weighted by Gasteiger charge is -2.27. The van der Waals surface area contributed by atoms with E-state index in [-0.39, 0.29) is 17.4 Å². The van der Waals surface area contributed by atoms with Crippen molar-refractivity contribution in [1.82, 2.24) is 0 Å². The van der Waals surface area contributed by atoms with Gasteiger partial charge in [-0.3, -0.25) is 4.79 Å². The third-order valence-corrected chi connectivity index (χ3v) is 5.23. The van der Waals surface area contributed by atoms with Crippen molar-refractivity contribution < 1.29 is 18.3 Å². The number of rotatable bonds is 3. The number of carbonyl (C=O) groups is 1. The van der Waals surface area contributed by atoms with Crippen LogP contribution in [-0.2, 0) is 9.84 Å². The van der Waals surface area contributed by atoms with Gasteiger partial charge in [0.2, 0.25) is 0 Å². The molecule has 0 saturated carbocycles. The van der Waals surface area contributed by atoms with Crippen LogP contribution in [0.5, 0.6) is 0 Å². The second-order valence-corrected chi connectivity index (χ2v) is 6.94. The van der Waals surface area contributed by atoms with E-state index in [4.69, 9.17) is 0 Å². The number of carbonyl (C=O) groups excluding carboxylic acids is 1. The first-order chi connectivity index (χ1) is 8.53. The smallest absolute Gasteiger partial charge is 0.150 e. The molecule has 0 bridgehead atoms.